The fourth-order valence-electron chi connectivity index (χ4n) is 3.77. The van der Waals surface area contributed by atoms with E-state index in [9.17, 15) is 33.3 Å². The molecule has 0 aliphatic carbocycles. The highest BCUT2D eigenvalue weighted by Crippen LogP contribution is 2.40. The molecule has 0 saturated carbocycles. The van der Waals surface area contributed by atoms with Crippen molar-refractivity contribution in [2.75, 3.05) is 11.9 Å². The Bertz CT molecular complexity index is 1200. The molecular weight excluding hydrogens is 449 g/mol. The number of halogens is 3. The highest BCUT2D eigenvalue weighted by Gasteiger charge is 2.44. The van der Waals surface area contributed by atoms with Gasteiger partial charge in [0.15, 0.2) is 6.29 Å². The average molecular weight is 468 g/mol. The molecule has 1 saturated heterocycles. The molecular formula is C21H19F3N2O7. The lowest BCUT2D eigenvalue weighted by molar-refractivity contribution is -0.245. The van der Waals surface area contributed by atoms with Gasteiger partial charge in [-0.1, -0.05) is 6.07 Å². The standard InChI is InChI=1S/C21H19F3N2O7/c22-21(23,24)15-10-5-4-9(26-16-18(29)17(28)13(8-27)33-20(16)31)7-12(10)32-19(30)14(15)11-3-1-2-6-25-11/h1-7,13,16-18,20,26-29,31H,8H2/t13?,16?,17-,18-,20?/m0/s1. The van der Waals surface area contributed by atoms with Gasteiger partial charge in [0.1, 0.15) is 29.9 Å². The first-order valence-electron chi connectivity index (χ1n) is 9.78. The van der Waals surface area contributed by atoms with Crippen LogP contribution in [0.3, 0.4) is 0 Å². The van der Waals surface area contributed by atoms with Crippen LogP contribution in [0.25, 0.3) is 22.2 Å². The summed E-state index contributed by atoms with van der Waals surface area (Å²) in [5.41, 5.74) is -3.69. The smallest absolute Gasteiger partial charge is 0.418 e. The second kappa shape index (κ2) is 8.72. The molecule has 0 amide bonds. The molecule has 1 fully saturated rings. The Labute approximate surface area is 183 Å². The predicted molar refractivity (Wildman–Crippen MR) is 108 cm³/mol. The van der Waals surface area contributed by atoms with Crippen molar-refractivity contribution in [1.29, 1.82) is 0 Å². The molecule has 5 N–H and O–H groups in total. The van der Waals surface area contributed by atoms with E-state index in [2.05, 4.69) is 10.3 Å². The lowest BCUT2D eigenvalue weighted by Crippen LogP contribution is -2.61. The summed E-state index contributed by atoms with van der Waals surface area (Å²) in [5.74, 6) is 0. The van der Waals surface area contributed by atoms with Gasteiger partial charge < -0.3 is 34.9 Å². The molecule has 1 aromatic carbocycles. The summed E-state index contributed by atoms with van der Waals surface area (Å²) < 4.78 is 52.1. The van der Waals surface area contributed by atoms with Gasteiger partial charge in [-0.05, 0) is 24.3 Å². The largest absolute Gasteiger partial charge is 0.422 e. The van der Waals surface area contributed by atoms with Crippen molar-refractivity contribution in [3.05, 3.63) is 58.6 Å². The predicted octanol–water partition coefficient (Wildman–Crippen LogP) is 1.09. The minimum absolute atomic E-state index is 0.0747. The van der Waals surface area contributed by atoms with Crippen molar-refractivity contribution in [1.82, 2.24) is 4.98 Å². The zero-order valence-electron chi connectivity index (χ0n) is 16.7. The molecule has 12 heteroatoms. The number of aliphatic hydroxyl groups excluding tert-OH is 4. The minimum Gasteiger partial charge on any atom is -0.422 e. The fraction of sp³-hybridized carbons (Fsp3) is 0.333. The first-order chi connectivity index (χ1) is 15.6. The highest BCUT2D eigenvalue weighted by atomic mass is 19.4. The molecule has 3 heterocycles. The number of fused-ring (bicyclic) bond motifs is 1. The van der Waals surface area contributed by atoms with Gasteiger partial charge >= 0.3 is 11.8 Å². The number of nitrogens with one attached hydrogen (secondary N) is 1. The Morgan fingerprint density at radius 3 is 2.48 bits per heavy atom. The van der Waals surface area contributed by atoms with Crippen molar-refractivity contribution < 1.29 is 42.8 Å². The molecule has 0 radical (unpaired) electrons. The van der Waals surface area contributed by atoms with E-state index in [-0.39, 0.29) is 11.4 Å². The molecule has 4 rings (SSSR count). The molecule has 0 bridgehead atoms. The highest BCUT2D eigenvalue weighted by molar-refractivity contribution is 5.89. The Morgan fingerprint density at radius 1 is 1.09 bits per heavy atom. The van der Waals surface area contributed by atoms with Crippen molar-refractivity contribution >= 4 is 16.7 Å². The van der Waals surface area contributed by atoms with Gasteiger partial charge in [0, 0.05) is 23.3 Å². The second-order valence-corrected chi connectivity index (χ2v) is 7.46. The maximum atomic E-state index is 14.0. The maximum absolute atomic E-state index is 14.0. The molecule has 3 aromatic rings. The first kappa shape index (κ1) is 23.1. The van der Waals surface area contributed by atoms with Gasteiger partial charge in [-0.3, -0.25) is 4.98 Å². The normalized spacial score (nSPS) is 25.8. The number of hydrogen-bond donors (Lipinski definition) is 5. The van der Waals surface area contributed by atoms with Crippen molar-refractivity contribution in [2.24, 2.45) is 0 Å². The molecule has 3 unspecified atom stereocenters. The number of aromatic nitrogens is 1. The third kappa shape index (κ3) is 4.30. The van der Waals surface area contributed by atoms with E-state index in [1.54, 1.807) is 0 Å². The third-order valence-corrected chi connectivity index (χ3v) is 5.35. The van der Waals surface area contributed by atoms with E-state index in [4.69, 9.17) is 14.3 Å². The zero-order valence-corrected chi connectivity index (χ0v) is 16.7. The van der Waals surface area contributed by atoms with E-state index in [1.807, 2.05) is 0 Å². The van der Waals surface area contributed by atoms with Gasteiger partial charge in [-0.2, -0.15) is 13.2 Å². The summed E-state index contributed by atoms with van der Waals surface area (Å²) in [6.07, 6.45) is -9.63. The quantitative estimate of drug-likeness (QED) is 0.355. The van der Waals surface area contributed by atoms with Crippen LogP contribution in [-0.2, 0) is 10.9 Å². The Morgan fingerprint density at radius 2 is 1.85 bits per heavy atom. The molecule has 1 aliphatic heterocycles. The number of benzene rings is 1. The van der Waals surface area contributed by atoms with Crippen LogP contribution in [0, 0.1) is 0 Å². The minimum atomic E-state index is -4.90. The molecule has 0 spiro atoms. The average Bonchev–Trinajstić information content (AvgIpc) is 2.78. The number of aliphatic hydroxyl groups is 4. The zero-order chi connectivity index (χ0) is 23.9. The second-order valence-electron chi connectivity index (χ2n) is 7.46. The lowest BCUT2D eigenvalue weighted by atomic mass is 9.96. The van der Waals surface area contributed by atoms with Crippen LogP contribution in [0.1, 0.15) is 5.56 Å². The van der Waals surface area contributed by atoms with Gasteiger partial charge in [0.05, 0.1) is 23.4 Å². The molecule has 9 nitrogen and oxygen atoms in total. The molecule has 1 aliphatic rings. The number of ether oxygens (including phenoxy) is 1. The van der Waals surface area contributed by atoms with E-state index < -0.39 is 71.1 Å². The topological polar surface area (TPSA) is 145 Å². The van der Waals surface area contributed by atoms with Crippen molar-refractivity contribution in [2.45, 2.75) is 36.8 Å². The Balaban J connectivity index is 1.77. The van der Waals surface area contributed by atoms with Gasteiger partial charge in [-0.25, -0.2) is 4.79 Å². The van der Waals surface area contributed by atoms with E-state index in [1.165, 1.54) is 30.5 Å². The summed E-state index contributed by atoms with van der Waals surface area (Å²) in [4.78, 5) is 16.4. The van der Waals surface area contributed by atoms with Gasteiger partial charge in [0.25, 0.3) is 0 Å². The van der Waals surface area contributed by atoms with Crippen LogP contribution in [-0.4, -0.2) is 62.7 Å². The van der Waals surface area contributed by atoms with Crippen LogP contribution < -0.4 is 10.9 Å². The fourth-order valence-corrected chi connectivity index (χ4v) is 3.77. The SMILES string of the molecule is O=c1oc2cc(NC3C(O)OC(CO)[C@H](O)[C@H]3O)ccc2c(C(F)(F)F)c1-c1ccccn1. The monoisotopic (exact) mass is 468 g/mol. The van der Waals surface area contributed by atoms with Crippen LogP contribution in [0.2, 0.25) is 0 Å². The Kier molecular flexibility index (Phi) is 6.12. The lowest BCUT2D eigenvalue weighted by Gasteiger charge is -2.40. The summed E-state index contributed by atoms with van der Waals surface area (Å²) in [5, 5.41) is 41.7. The number of anilines is 1. The molecule has 176 valence electrons. The van der Waals surface area contributed by atoms with Crippen molar-refractivity contribution in [3.63, 3.8) is 0 Å². The number of pyridine rings is 1. The third-order valence-electron chi connectivity index (χ3n) is 5.35. The Hall–Kier alpha value is -3.03. The van der Waals surface area contributed by atoms with E-state index >= 15 is 0 Å². The van der Waals surface area contributed by atoms with Gasteiger partial charge in [0.2, 0.25) is 0 Å². The summed E-state index contributed by atoms with van der Waals surface area (Å²) in [6.45, 7) is -0.651. The van der Waals surface area contributed by atoms with E-state index in [0.717, 1.165) is 12.1 Å². The first-order valence-corrected chi connectivity index (χ1v) is 9.78. The number of rotatable bonds is 4. The van der Waals surface area contributed by atoms with Crippen molar-refractivity contribution in [3.8, 4) is 11.3 Å². The van der Waals surface area contributed by atoms with Gasteiger partial charge in [-0.15, -0.1) is 0 Å². The van der Waals surface area contributed by atoms with Crippen LogP contribution in [0.5, 0.6) is 0 Å². The number of nitrogens with zero attached hydrogens (tertiary/aromatic N) is 1. The number of alkyl halides is 3. The molecule has 33 heavy (non-hydrogen) atoms. The summed E-state index contributed by atoms with van der Waals surface area (Å²) in [6, 6.07) is 6.31. The summed E-state index contributed by atoms with van der Waals surface area (Å²) >= 11 is 0. The van der Waals surface area contributed by atoms with Crippen LogP contribution in [0.4, 0.5) is 18.9 Å². The van der Waals surface area contributed by atoms with Crippen LogP contribution in [0.15, 0.2) is 51.8 Å². The van der Waals surface area contributed by atoms with Crippen LogP contribution >= 0.6 is 0 Å². The molecule has 2 aromatic heterocycles. The maximum Gasteiger partial charge on any atom is 0.418 e. The summed E-state index contributed by atoms with van der Waals surface area (Å²) in [7, 11) is 0. The number of hydrogen-bond acceptors (Lipinski definition) is 9. The molecule has 5 atom stereocenters. The van der Waals surface area contributed by atoms with E-state index in [0.29, 0.717) is 0 Å².